The quantitative estimate of drug-likeness (QED) is 0.571. The summed E-state index contributed by atoms with van der Waals surface area (Å²) < 4.78 is 5.15. The molecular weight excluding hydrogens is 126 g/mol. The Hall–Kier alpha value is -0.0800. The van der Waals surface area contributed by atoms with Crippen LogP contribution in [0.2, 0.25) is 0 Å². The molecule has 0 aromatic heterocycles. The van der Waals surface area contributed by atoms with Gasteiger partial charge in [-0.1, -0.05) is 6.92 Å². The first-order chi connectivity index (χ1) is 4.66. The number of hydrogen-bond acceptors (Lipinski definition) is 2. The van der Waals surface area contributed by atoms with E-state index in [1.54, 1.807) is 7.11 Å². The van der Waals surface area contributed by atoms with Crippen molar-refractivity contribution in [2.24, 2.45) is 5.41 Å². The molecule has 1 aliphatic rings. The lowest BCUT2D eigenvalue weighted by atomic mass is 9.91. The zero-order valence-corrected chi connectivity index (χ0v) is 7.18. The van der Waals surface area contributed by atoms with Gasteiger partial charge in [0.25, 0.3) is 0 Å². The Morgan fingerprint density at radius 1 is 1.60 bits per heavy atom. The van der Waals surface area contributed by atoms with Gasteiger partial charge in [0.2, 0.25) is 0 Å². The van der Waals surface area contributed by atoms with E-state index >= 15 is 0 Å². The molecule has 1 unspecified atom stereocenters. The summed E-state index contributed by atoms with van der Waals surface area (Å²) in [6, 6.07) is 0. The van der Waals surface area contributed by atoms with Crippen molar-refractivity contribution in [3.05, 3.63) is 0 Å². The largest absolute Gasteiger partial charge is 0.384 e. The molecule has 0 saturated carbocycles. The first-order valence-electron chi connectivity index (χ1n) is 3.84. The zero-order chi connectivity index (χ0) is 7.61. The Morgan fingerprint density at radius 3 is 2.70 bits per heavy atom. The van der Waals surface area contributed by atoms with E-state index in [1.807, 2.05) is 0 Å². The summed E-state index contributed by atoms with van der Waals surface area (Å²) in [5, 5.41) is 0. The first kappa shape index (κ1) is 8.02. The van der Waals surface area contributed by atoms with Gasteiger partial charge in [0, 0.05) is 19.1 Å². The van der Waals surface area contributed by atoms with Crippen molar-refractivity contribution in [1.29, 1.82) is 0 Å². The van der Waals surface area contributed by atoms with Crippen LogP contribution in [0.5, 0.6) is 0 Å². The van der Waals surface area contributed by atoms with Gasteiger partial charge in [-0.2, -0.15) is 0 Å². The van der Waals surface area contributed by atoms with Crippen LogP contribution in [0.3, 0.4) is 0 Å². The van der Waals surface area contributed by atoms with Crippen LogP contribution in [0, 0.1) is 5.41 Å². The summed E-state index contributed by atoms with van der Waals surface area (Å²) in [5.74, 6) is 0. The first-order valence-corrected chi connectivity index (χ1v) is 3.84. The predicted octanol–water partition coefficient (Wildman–Crippen LogP) is 0.975. The highest BCUT2D eigenvalue weighted by atomic mass is 16.5. The smallest absolute Gasteiger partial charge is 0.0528 e. The summed E-state index contributed by atoms with van der Waals surface area (Å²) >= 11 is 0. The van der Waals surface area contributed by atoms with Crippen LogP contribution in [-0.4, -0.2) is 38.8 Å². The van der Waals surface area contributed by atoms with E-state index < -0.39 is 0 Å². The van der Waals surface area contributed by atoms with E-state index in [9.17, 15) is 0 Å². The molecule has 60 valence electrons. The molecule has 1 aliphatic heterocycles. The molecule has 0 radical (unpaired) electrons. The maximum atomic E-state index is 5.15. The van der Waals surface area contributed by atoms with Crippen molar-refractivity contribution in [2.45, 2.75) is 13.3 Å². The molecule has 1 fully saturated rings. The summed E-state index contributed by atoms with van der Waals surface area (Å²) in [4.78, 5) is 2.36. The van der Waals surface area contributed by atoms with Gasteiger partial charge in [0.05, 0.1) is 6.61 Å². The van der Waals surface area contributed by atoms with E-state index in [1.165, 1.54) is 19.5 Å². The normalized spacial score (nSPS) is 35.1. The maximum Gasteiger partial charge on any atom is 0.0528 e. The van der Waals surface area contributed by atoms with Gasteiger partial charge in [0.15, 0.2) is 0 Å². The second-order valence-electron chi connectivity index (χ2n) is 3.73. The van der Waals surface area contributed by atoms with Crippen molar-refractivity contribution < 1.29 is 4.74 Å². The summed E-state index contributed by atoms with van der Waals surface area (Å²) in [5.41, 5.74) is 0.420. The second-order valence-corrected chi connectivity index (χ2v) is 3.73. The SMILES string of the molecule is COCC1(C)CCN(C)C1. The standard InChI is InChI=1S/C8H17NO/c1-8(7-10-3)4-5-9(2)6-8/h4-7H2,1-3H3. The van der Waals surface area contributed by atoms with Crippen LogP contribution in [0.15, 0.2) is 0 Å². The van der Waals surface area contributed by atoms with E-state index in [4.69, 9.17) is 4.74 Å². The van der Waals surface area contributed by atoms with Crippen molar-refractivity contribution in [3.63, 3.8) is 0 Å². The lowest BCUT2D eigenvalue weighted by Crippen LogP contribution is -2.26. The van der Waals surface area contributed by atoms with Crippen LogP contribution < -0.4 is 0 Å². The van der Waals surface area contributed by atoms with Crippen LogP contribution >= 0.6 is 0 Å². The molecule has 0 N–H and O–H groups in total. The third-order valence-corrected chi connectivity index (χ3v) is 2.24. The third kappa shape index (κ3) is 1.70. The summed E-state index contributed by atoms with van der Waals surface area (Å²) in [7, 11) is 3.95. The van der Waals surface area contributed by atoms with E-state index in [0.717, 1.165) is 6.61 Å². The number of nitrogens with zero attached hydrogens (tertiary/aromatic N) is 1. The molecule has 0 spiro atoms. The highest BCUT2D eigenvalue weighted by molar-refractivity contribution is 4.84. The van der Waals surface area contributed by atoms with Gasteiger partial charge in [-0.05, 0) is 20.0 Å². The number of rotatable bonds is 2. The summed E-state index contributed by atoms with van der Waals surface area (Å²) in [6.45, 7) is 5.60. The second kappa shape index (κ2) is 2.89. The molecule has 0 bridgehead atoms. The molecule has 2 heteroatoms. The molecule has 10 heavy (non-hydrogen) atoms. The van der Waals surface area contributed by atoms with Crippen LogP contribution in [0.25, 0.3) is 0 Å². The summed E-state index contributed by atoms with van der Waals surface area (Å²) in [6.07, 6.45) is 1.28. The van der Waals surface area contributed by atoms with Gasteiger partial charge >= 0.3 is 0 Å². The Morgan fingerprint density at radius 2 is 2.30 bits per heavy atom. The van der Waals surface area contributed by atoms with Gasteiger partial charge in [-0.3, -0.25) is 0 Å². The van der Waals surface area contributed by atoms with Gasteiger partial charge in [-0.15, -0.1) is 0 Å². The van der Waals surface area contributed by atoms with Gasteiger partial charge in [0.1, 0.15) is 0 Å². The number of likely N-dealkylation sites (tertiary alicyclic amines) is 1. The van der Waals surface area contributed by atoms with Crippen molar-refractivity contribution in [2.75, 3.05) is 33.9 Å². The average Bonchev–Trinajstić information content (AvgIpc) is 2.12. The average molecular weight is 143 g/mol. The number of methoxy groups -OCH3 is 1. The highest BCUT2D eigenvalue weighted by Gasteiger charge is 2.31. The number of hydrogen-bond donors (Lipinski definition) is 0. The molecule has 1 rings (SSSR count). The van der Waals surface area contributed by atoms with E-state index in [2.05, 4.69) is 18.9 Å². The Kier molecular flexibility index (Phi) is 2.32. The lowest BCUT2D eigenvalue weighted by Gasteiger charge is -2.21. The van der Waals surface area contributed by atoms with Crippen LogP contribution in [0.1, 0.15) is 13.3 Å². The Balaban J connectivity index is 2.38. The predicted molar refractivity (Wildman–Crippen MR) is 42.1 cm³/mol. The molecule has 1 atom stereocenters. The molecule has 1 heterocycles. The maximum absolute atomic E-state index is 5.15. The molecule has 0 aromatic rings. The Labute approximate surface area is 63.2 Å². The topological polar surface area (TPSA) is 12.5 Å². The van der Waals surface area contributed by atoms with E-state index in [-0.39, 0.29) is 0 Å². The van der Waals surface area contributed by atoms with Gasteiger partial charge < -0.3 is 9.64 Å². The van der Waals surface area contributed by atoms with Crippen molar-refractivity contribution >= 4 is 0 Å². The highest BCUT2D eigenvalue weighted by Crippen LogP contribution is 2.28. The third-order valence-electron chi connectivity index (χ3n) is 2.24. The fraction of sp³-hybridized carbons (Fsp3) is 1.00. The fourth-order valence-electron chi connectivity index (χ4n) is 1.74. The minimum absolute atomic E-state index is 0.420. The monoisotopic (exact) mass is 143 g/mol. The minimum Gasteiger partial charge on any atom is -0.384 e. The molecule has 0 amide bonds. The molecule has 0 aliphatic carbocycles. The van der Waals surface area contributed by atoms with Crippen molar-refractivity contribution in [1.82, 2.24) is 4.90 Å². The van der Waals surface area contributed by atoms with Crippen LogP contribution in [0.4, 0.5) is 0 Å². The fourth-order valence-corrected chi connectivity index (χ4v) is 1.74. The van der Waals surface area contributed by atoms with Crippen LogP contribution in [-0.2, 0) is 4.74 Å². The molecule has 1 saturated heterocycles. The molecule has 0 aromatic carbocycles. The van der Waals surface area contributed by atoms with Gasteiger partial charge in [-0.25, -0.2) is 0 Å². The van der Waals surface area contributed by atoms with Crippen molar-refractivity contribution in [3.8, 4) is 0 Å². The lowest BCUT2D eigenvalue weighted by molar-refractivity contribution is 0.0985. The Bertz CT molecular complexity index is 112. The zero-order valence-electron chi connectivity index (χ0n) is 7.18. The molecule has 2 nitrogen and oxygen atoms in total. The minimum atomic E-state index is 0.420. The number of ether oxygens (including phenoxy) is 1. The van der Waals surface area contributed by atoms with E-state index in [0.29, 0.717) is 5.41 Å². The molecular formula is C8H17NO.